The maximum Gasteiger partial charge on any atom is 0.142 e. The van der Waals surface area contributed by atoms with Gasteiger partial charge in [-0.3, -0.25) is 4.90 Å². The lowest BCUT2D eigenvalue weighted by atomic mass is 10.1. The van der Waals surface area contributed by atoms with Crippen LogP contribution in [0.15, 0.2) is 18.2 Å². The number of fused-ring (bicyclic) bond motifs is 1. The molecule has 5 heteroatoms. The smallest absolute Gasteiger partial charge is 0.142 e. The van der Waals surface area contributed by atoms with E-state index in [-0.39, 0.29) is 0 Å². The maximum absolute atomic E-state index is 5.62. The van der Waals surface area contributed by atoms with E-state index in [1.807, 2.05) is 0 Å². The van der Waals surface area contributed by atoms with E-state index in [4.69, 9.17) is 9.47 Å². The number of morpholine rings is 1. The molecule has 1 atom stereocenters. The molecule has 0 aliphatic carbocycles. The van der Waals surface area contributed by atoms with Crippen LogP contribution in [-0.2, 0) is 11.2 Å². The molecule has 122 valence electrons. The average molecular weight is 305 g/mol. The third kappa shape index (κ3) is 4.35. The summed E-state index contributed by atoms with van der Waals surface area (Å²) in [6, 6.07) is 6.95. The number of ether oxygens (including phenoxy) is 2. The first kappa shape index (κ1) is 15.6. The minimum Gasteiger partial charge on any atom is -0.490 e. The lowest BCUT2D eigenvalue weighted by Gasteiger charge is -2.27. The van der Waals surface area contributed by atoms with Crippen molar-refractivity contribution in [1.82, 2.24) is 10.2 Å². The van der Waals surface area contributed by atoms with Crippen molar-refractivity contribution in [3.05, 3.63) is 23.8 Å². The molecule has 0 saturated carbocycles. The Hall–Kier alpha value is -1.30. The highest BCUT2D eigenvalue weighted by atomic mass is 16.5. The third-order valence-electron chi connectivity index (χ3n) is 4.29. The highest BCUT2D eigenvalue weighted by Crippen LogP contribution is 2.28. The van der Waals surface area contributed by atoms with E-state index in [9.17, 15) is 0 Å². The molecule has 2 aliphatic heterocycles. The van der Waals surface area contributed by atoms with Crippen LogP contribution in [-0.4, -0.2) is 63.5 Å². The van der Waals surface area contributed by atoms with Crippen LogP contribution in [0, 0.1) is 0 Å². The van der Waals surface area contributed by atoms with Crippen molar-refractivity contribution in [2.75, 3.05) is 57.9 Å². The van der Waals surface area contributed by atoms with E-state index >= 15 is 0 Å². The number of nitrogens with zero attached hydrogens (tertiary/aromatic N) is 1. The predicted octanol–water partition coefficient (Wildman–Crippen LogP) is 1.34. The molecule has 1 aromatic carbocycles. The Kier molecular flexibility index (Phi) is 5.53. The largest absolute Gasteiger partial charge is 0.490 e. The van der Waals surface area contributed by atoms with Crippen LogP contribution in [0.5, 0.6) is 5.75 Å². The van der Waals surface area contributed by atoms with Gasteiger partial charge in [0.05, 0.1) is 18.9 Å². The number of nitrogens with one attached hydrogen (secondary N) is 2. The molecule has 1 unspecified atom stereocenters. The molecule has 1 fully saturated rings. The monoisotopic (exact) mass is 305 g/mol. The first-order valence-electron chi connectivity index (χ1n) is 8.34. The molecule has 2 N–H and O–H groups in total. The van der Waals surface area contributed by atoms with Crippen molar-refractivity contribution >= 4 is 5.69 Å². The lowest BCUT2D eigenvalue weighted by Crippen LogP contribution is -2.42. The Labute approximate surface area is 133 Å². The number of hydrogen-bond donors (Lipinski definition) is 2. The van der Waals surface area contributed by atoms with Crippen molar-refractivity contribution in [2.45, 2.75) is 19.4 Å². The zero-order chi connectivity index (χ0) is 15.2. The van der Waals surface area contributed by atoms with Crippen molar-refractivity contribution in [3.63, 3.8) is 0 Å². The van der Waals surface area contributed by atoms with Gasteiger partial charge in [0.2, 0.25) is 0 Å². The van der Waals surface area contributed by atoms with Crippen LogP contribution in [0.2, 0.25) is 0 Å². The summed E-state index contributed by atoms with van der Waals surface area (Å²) in [5.41, 5.74) is 2.48. The Bertz CT molecular complexity index is 475. The molecule has 0 spiro atoms. The zero-order valence-electron chi connectivity index (χ0n) is 13.4. The lowest BCUT2D eigenvalue weighted by molar-refractivity contribution is 0.0382. The predicted molar refractivity (Wildman–Crippen MR) is 88.9 cm³/mol. The van der Waals surface area contributed by atoms with Gasteiger partial charge in [0, 0.05) is 38.8 Å². The van der Waals surface area contributed by atoms with E-state index < -0.39 is 0 Å². The van der Waals surface area contributed by atoms with Gasteiger partial charge >= 0.3 is 0 Å². The molecular formula is C17H27N3O2. The van der Waals surface area contributed by atoms with Crippen LogP contribution in [0.3, 0.4) is 0 Å². The van der Waals surface area contributed by atoms with Crippen LogP contribution >= 0.6 is 0 Å². The van der Waals surface area contributed by atoms with Crippen molar-refractivity contribution < 1.29 is 9.47 Å². The summed E-state index contributed by atoms with van der Waals surface area (Å²) >= 11 is 0. The summed E-state index contributed by atoms with van der Waals surface area (Å²) in [6.07, 6.45) is 1.04. The molecule has 1 saturated heterocycles. The summed E-state index contributed by atoms with van der Waals surface area (Å²) in [4.78, 5) is 2.46. The van der Waals surface area contributed by atoms with Crippen molar-refractivity contribution in [1.29, 1.82) is 0 Å². The molecule has 5 nitrogen and oxygen atoms in total. The van der Waals surface area contributed by atoms with Crippen LogP contribution in [0.1, 0.15) is 12.5 Å². The molecule has 0 amide bonds. The Morgan fingerprint density at radius 2 is 2.14 bits per heavy atom. The number of benzene rings is 1. The molecule has 1 aromatic rings. The summed E-state index contributed by atoms with van der Waals surface area (Å²) in [5.74, 6) is 0.975. The van der Waals surface area contributed by atoms with E-state index in [1.54, 1.807) is 0 Å². The third-order valence-corrected chi connectivity index (χ3v) is 4.29. The van der Waals surface area contributed by atoms with Gasteiger partial charge < -0.3 is 20.1 Å². The van der Waals surface area contributed by atoms with Gasteiger partial charge in [0.1, 0.15) is 12.4 Å². The molecule has 2 aliphatic rings. The summed E-state index contributed by atoms with van der Waals surface area (Å²) in [7, 11) is 0. The van der Waals surface area contributed by atoms with Gasteiger partial charge in [0.15, 0.2) is 0 Å². The fourth-order valence-electron chi connectivity index (χ4n) is 3.03. The Balaban J connectivity index is 1.42. The summed E-state index contributed by atoms with van der Waals surface area (Å²) in [6.45, 7) is 9.91. The first-order chi connectivity index (χ1) is 10.8. The van der Waals surface area contributed by atoms with Gasteiger partial charge in [0.25, 0.3) is 0 Å². The van der Waals surface area contributed by atoms with E-state index in [2.05, 4.69) is 40.7 Å². The quantitative estimate of drug-likeness (QED) is 0.830. The SMILES string of the molecule is CC(Cc1ccc2c(c1)NCCO2)NCCN1CCOCC1. The summed E-state index contributed by atoms with van der Waals surface area (Å²) < 4.78 is 11.0. The highest BCUT2D eigenvalue weighted by molar-refractivity contribution is 5.59. The van der Waals surface area contributed by atoms with Gasteiger partial charge in [-0.25, -0.2) is 0 Å². The Morgan fingerprint density at radius 3 is 3.00 bits per heavy atom. The fraction of sp³-hybridized carbons (Fsp3) is 0.647. The molecule has 0 aromatic heterocycles. The minimum absolute atomic E-state index is 0.476. The standard InChI is InChI=1S/C17H27N3O2/c1-14(18-4-6-20-7-10-21-11-8-20)12-15-2-3-17-16(13-15)19-5-9-22-17/h2-3,13-14,18-19H,4-12H2,1H3. The van der Waals surface area contributed by atoms with E-state index in [0.717, 1.165) is 70.4 Å². The van der Waals surface area contributed by atoms with Crippen LogP contribution in [0.4, 0.5) is 5.69 Å². The molecule has 22 heavy (non-hydrogen) atoms. The molecular weight excluding hydrogens is 278 g/mol. The average Bonchev–Trinajstić information content (AvgIpc) is 2.56. The summed E-state index contributed by atoms with van der Waals surface area (Å²) in [5, 5.41) is 7.02. The number of anilines is 1. The molecule has 0 radical (unpaired) electrons. The minimum atomic E-state index is 0.476. The second kappa shape index (κ2) is 7.81. The zero-order valence-corrected chi connectivity index (χ0v) is 13.4. The highest BCUT2D eigenvalue weighted by Gasteiger charge is 2.12. The topological polar surface area (TPSA) is 45.8 Å². The second-order valence-electron chi connectivity index (χ2n) is 6.12. The molecule has 2 heterocycles. The van der Waals surface area contributed by atoms with Gasteiger partial charge in [-0.1, -0.05) is 6.07 Å². The van der Waals surface area contributed by atoms with Crippen molar-refractivity contribution in [2.24, 2.45) is 0 Å². The number of rotatable bonds is 6. The van der Waals surface area contributed by atoms with Crippen LogP contribution in [0.25, 0.3) is 0 Å². The first-order valence-corrected chi connectivity index (χ1v) is 8.34. The fourth-order valence-corrected chi connectivity index (χ4v) is 3.03. The van der Waals surface area contributed by atoms with Crippen molar-refractivity contribution in [3.8, 4) is 5.75 Å². The van der Waals surface area contributed by atoms with E-state index in [1.165, 1.54) is 5.56 Å². The normalized spacial score (nSPS) is 19.9. The van der Waals surface area contributed by atoms with Crippen LogP contribution < -0.4 is 15.4 Å². The Morgan fingerprint density at radius 1 is 1.27 bits per heavy atom. The molecule has 0 bridgehead atoms. The van der Waals surface area contributed by atoms with Gasteiger partial charge in [-0.15, -0.1) is 0 Å². The van der Waals surface area contributed by atoms with E-state index in [0.29, 0.717) is 6.04 Å². The van der Waals surface area contributed by atoms with Gasteiger partial charge in [-0.2, -0.15) is 0 Å². The second-order valence-corrected chi connectivity index (χ2v) is 6.12. The number of hydrogen-bond acceptors (Lipinski definition) is 5. The van der Waals surface area contributed by atoms with Gasteiger partial charge in [-0.05, 0) is 31.0 Å². The maximum atomic E-state index is 5.62. The molecule has 3 rings (SSSR count).